The van der Waals surface area contributed by atoms with Crippen LogP contribution in [0.3, 0.4) is 0 Å². The van der Waals surface area contributed by atoms with Crippen LogP contribution in [0.2, 0.25) is 0 Å². The fourth-order valence-electron chi connectivity index (χ4n) is 0. The Labute approximate surface area is 130 Å². The molecule has 1 heteroatoms. The number of hydrogen-bond donors (Lipinski definition) is 0. The van der Waals surface area contributed by atoms with Gasteiger partial charge >= 0.3 is 22.4 Å². The summed E-state index contributed by atoms with van der Waals surface area (Å²) in [6.45, 7) is 27.2. The van der Waals surface area contributed by atoms with Crippen LogP contribution < -0.4 is 0 Å². The molecule has 0 spiro atoms. The van der Waals surface area contributed by atoms with E-state index in [0.29, 0.717) is 0 Å². The van der Waals surface area contributed by atoms with E-state index in [-0.39, 0.29) is 22.4 Å². The van der Waals surface area contributed by atoms with Gasteiger partial charge in [-0.15, -0.1) is 0 Å². The molecule has 0 bridgehead atoms. The smallest absolute Gasteiger partial charge is 0.346 e. The molecule has 0 unspecified atom stereocenters. The standard InChI is InChI=1S/3C4H9.2C2H5.Ta/c3*1-3-4-2;2*1-2;/h3*1,3-4H2,2H3;2*1H2,2H3;/q5*-1;+5. The molecule has 0 atom stereocenters. The molecule has 0 aliphatic rings. The molecule has 0 rings (SSSR count). The third kappa shape index (κ3) is 260. The summed E-state index contributed by atoms with van der Waals surface area (Å²) >= 11 is 0. The average molecular weight is 410 g/mol. The van der Waals surface area contributed by atoms with Gasteiger partial charge in [0, 0.05) is 0 Å². The first-order chi connectivity index (χ1) is 7.74. The molecule has 0 aromatic heterocycles. The van der Waals surface area contributed by atoms with Crippen molar-refractivity contribution in [3.8, 4) is 0 Å². The summed E-state index contributed by atoms with van der Waals surface area (Å²) in [5, 5.41) is 0. The second-order valence-electron chi connectivity index (χ2n) is 2.56. The number of unbranched alkanes of at least 4 members (excludes halogenated alkanes) is 3. The van der Waals surface area contributed by atoms with E-state index in [1.54, 1.807) is 13.8 Å². The van der Waals surface area contributed by atoms with Gasteiger partial charge in [-0.3, -0.25) is 0 Å². The maximum Gasteiger partial charge on any atom is 5.00 e. The van der Waals surface area contributed by atoms with Crippen LogP contribution in [0.25, 0.3) is 0 Å². The van der Waals surface area contributed by atoms with Gasteiger partial charge in [-0.2, -0.15) is 33.1 Å². The van der Waals surface area contributed by atoms with Gasteiger partial charge < -0.3 is 34.6 Å². The molecular formula is C16H37Ta. The summed E-state index contributed by atoms with van der Waals surface area (Å²) in [6.07, 6.45) is 6.83. The first-order valence-electron chi connectivity index (χ1n) is 6.54. The Kier molecular flexibility index (Phi) is 194. The second kappa shape index (κ2) is 91.3. The quantitative estimate of drug-likeness (QED) is 0.464. The fourth-order valence-corrected chi connectivity index (χ4v) is 0. The zero-order valence-corrected chi connectivity index (χ0v) is 16.4. The van der Waals surface area contributed by atoms with Crippen molar-refractivity contribution in [1.29, 1.82) is 0 Å². The molecule has 0 aromatic carbocycles. The number of hydrogen-bond acceptors (Lipinski definition) is 0. The summed E-state index contributed by atoms with van der Waals surface area (Å²) in [7, 11) is 0. The van der Waals surface area contributed by atoms with Gasteiger partial charge in [0.05, 0.1) is 0 Å². The molecule has 0 N–H and O–H groups in total. The zero-order chi connectivity index (χ0) is 14.2. The van der Waals surface area contributed by atoms with Gasteiger partial charge in [0.15, 0.2) is 0 Å². The molecule has 0 heterocycles. The van der Waals surface area contributed by atoms with E-state index in [4.69, 9.17) is 0 Å². The Balaban J connectivity index is -0.0000000227. The minimum atomic E-state index is 0. The van der Waals surface area contributed by atoms with Crippen molar-refractivity contribution in [2.24, 2.45) is 0 Å². The zero-order valence-electron chi connectivity index (χ0n) is 13.2. The summed E-state index contributed by atoms with van der Waals surface area (Å²) in [6, 6.07) is 0. The van der Waals surface area contributed by atoms with Gasteiger partial charge in [-0.05, 0) is 0 Å². The molecule has 0 aliphatic heterocycles. The third-order valence-electron chi connectivity index (χ3n) is 1.06. The van der Waals surface area contributed by atoms with Crippen molar-refractivity contribution in [3.05, 3.63) is 34.6 Å². The Morgan fingerprint density at radius 1 is 0.529 bits per heavy atom. The molecule has 0 aliphatic carbocycles. The normalized spacial score (nSPS) is 6.00. The Bertz CT molecular complexity index is 21.0. The summed E-state index contributed by atoms with van der Waals surface area (Å²) in [5.74, 6) is 0. The van der Waals surface area contributed by atoms with Crippen molar-refractivity contribution < 1.29 is 22.4 Å². The van der Waals surface area contributed by atoms with Gasteiger partial charge in [-0.25, -0.2) is 0 Å². The minimum absolute atomic E-state index is 0. The largest absolute Gasteiger partial charge is 5.00 e. The van der Waals surface area contributed by atoms with E-state index in [2.05, 4.69) is 55.4 Å². The van der Waals surface area contributed by atoms with Crippen molar-refractivity contribution in [3.63, 3.8) is 0 Å². The fraction of sp³-hybridized carbons (Fsp3) is 0.688. The van der Waals surface area contributed by atoms with Gasteiger partial charge in [0.25, 0.3) is 0 Å². The van der Waals surface area contributed by atoms with Gasteiger partial charge in [0.1, 0.15) is 0 Å². The van der Waals surface area contributed by atoms with E-state index >= 15 is 0 Å². The Morgan fingerprint density at radius 2 is 0.588 bits per heavy atom. The van der Waals surface area contributed by atoms with Gasteiger partial charge in [-0.1, -0.05) is 40.0 Å². The van der Waals surface area contributed by atoms with E-state index < -0.39 is 0 Å². The Hall–Kier alpha value is 0.740. The van der Waals surface area contributed by atoms with Crippen molar-refractivity contribution >= 4 is 0 Å². The maximum atomic E-state index is 3.60. The van der Waals surface area contributed by atoms with Gasteiger partial charge in [0.2, 0.25) is 0 Å². The van der Waals surface area contributed by atoms with Crippen LogP contribution in [0.4, 0.5) is 0 Å². The van der Waals surface area contributed by atoms with Crippen LogP contribution in [0.1, 0.15) is 73.1 Å². The number of rotatable bonds is 3. The third-order valence-corrected chi connectivity index (χ3v) is 1.06. The molecule has 0 saturated carbocycles. The molecule has 0 amide bonds. The monoisotopic (exact) mass is 410 g/mol. The van der Waals surface area contributed by atoms with Crippen LogP contribution in [0.15, 0.2) is 0 Å². The molecular weight excluding hydrogens is 373 g/mol. The van der Waals surface area contributed by atoms with Crippen molar-refractivity contribution in [2.45, 2.75) is 73.1 Å². The molecule has 0 saturated heterocycles. The summed E-state index contributed by atoms with van der Waals surface area (Å²) in [5.41, 5.74) is 0. The maximum absolute atomic E-state index is 3.60. The molecule has 17 heavy (non-hydrogen) atoms. The average Bonchev–Trinajstić information content (AvgIpc) is 2.43. The van der Waals surface area contributed by atoms with Crippen LogP contribution in [0.5, 0.6) is 0 Å². The first kappa shape index (κ1) is 36.1. The van der Waals surface area contributed by atoms with Crippen LogP contribution in [-0.2, 0) is 22.4 Å². The first-order valence-corrected chi connectivity index (χ1v) is 6.54. The van der Waals surface area contributed by atoms with E-state index in [1.165, 1.54) is 19.3 Å². The van der Waals surface area contributed by atoms with E-state index in [9.17, 15) is 0 Å². The second-order valence-corrected chi connectivity index (χ2v) is 2.56. The topological polar surface area (TPSA) is 0 Å². The van der Waals surface area contributed by atoms with Crippen LogP contribution >= 0.6 is 0 Å². The van der Waals surface area contributed by atoms with E-state index in [1.807, 2.05) is 0 Å². The molecule has 106 valence electrons. The molecule has 0 fully saturated rings. The SMILES string of the molecule is [CH2-]C.[CH2-]C.[CH2-]CCC.[CH2-]CCC.[CH2-]CCC.[Ta+5]. The predicted molar refractivity (Wildman–Crippen MR) is 82.9 cm³/mol. The van der Waals surface area contributed by atoms with Crippen molar-refractivity contribution in [1.82, 2.24) is 0 Å². The van der Waals surface area contributed by atoms with Crippen molar-refractivity contribution in [2.75, 3.05) is 0 Å². The minimum Gasteiger partial charge on any atom is -0.346 e. The van der Waals surface area contributed by atoms with E-state index in [0.717, 1.165) is 19.3 Å². The molecule has 0 nitrogen and oxygen atoms in total. The predicted octanol–water partition coefficient (Wildman–Crippen LogP) is 6.54. The van der Waals surface area contributed by atoms with Crippen LogP contribution in [0, 0.1) is 34.6 Å². The molecule has 0 radical (unpaired) electrons. The summed E-state index contributed by atoms with van der Waals surface area (Å²) in [4.78, 5) is 0. The Morgan fingerprint density at radius 3 is 0.588 bits per heavy atom. The summed E-state index contributed by atoms with van der Waals surface area (Å²) < 4.78 is 0. The van der Waals surface area contributed by atoms with Crippen LogP contribution in [-0.4, -0.2) is 0 Å². The molecule has 0 aromatic rings.